The second kappa shape index (κ2) is 9.62. The number of nitrogens with one attached hydrogen (secondary N) is 2. The number of carbonyl (C=O) groups is 1. The first-order valence-corrected chi connectivity index (χ1v) is 11.8. The highest BCUT2D eigenvalue weighted by molar-refractivity contribution is 7.80. The van der Waals surface area contributed by atoms with E-state index >= 15 is 0 Å². The van der Waals surface area contributed by atoms with Gasteiger partial charge in [-0.3, -0.25) is 4.79 Å². The van der Waals surface area contributed by atoms with Crippen molar-refractivity contribution in [2.24, 2.45) is 0 Å². The Balaban J connectivity index is 1.75. The zero-order chi connectivity index (χ0) is 26.1. The lowest BCUT2D eigenvalue weighted by Crippen LogP contribution is -2.40. The minimum atomic E-state index is -0.435. The molecule has 37 heavy (non-hydrogen) atoms. The van der Waals surface area contributed by atoms with Crippen LogP contribution in [0.2, 0.25) is 0 Å². The van der Waals surface area contributed by atoms with Crippen molar-refractivity contribution in [2.45, 2.75) is 13.0 Å². The van der Waals surface area contributed by atoms with E-state index in [-0.39, 0.29) is 16.9 Å². The maximum Gasteiger partial charge on any atom is 0.197 e. The summed E-state index contributed by atoms with van der Waals surface area (Å²) in [5.41, 5.74) is 4.00. The number of hydrogen-bond donors (Lipinski definition) is 2. The standard InChI is InChI=1S/C29H20N4O3S/c1-16-3-5-18(6-4-16)27(34)25-22-11-19(13-30)20(14-31)12-24(22)36-28(25)23-15-32-29(37)33-26(23)17-7-9-21(35-2)10-8-17/h3-12,15,26H,1-2H3,(H2,32,33,37). The molecule has 2 heterocycles. The summed E-state index contributed by atoms with van der Waals surface area (Å²) >= 11 is 5.38. The summed E-state index contributed by atoms with van der Waals surface area (Å²) in [5, 5.41) is 26.3. The lowest BCUT2D eigenvalue weighted by atomic mass is 9.90. The minimum Gasteiger partial charge on any atom is -0.497 e. The van der Waals surface area contributed by atoms with Crippen molar-refractivity contribution >= 4 is 39.7 Å². The van der Waals surface area contributed by atoms with Crippen LogP contribution in [0.3, 0.4) is 0 Å². The summed E-state index contributed by atoms with van der Waals surface area (Å²) in [6.45, 7) is 1.95. The van der Waals surface area contributed by atoms with Crippen LogP contribution >= 0.6 is 12.2 Å². The van der Waals surface area contributed by atoms with Crippen LogP contribution < -0.4 is 15.4 Å². The molecular formula is C29H20N4O3S. The van der Waals surface area contributed by atoms with Crippen molar-refractivity contribution in [1.29, 1.82) is 10.5 Å². The van der Waals surface area contributed by atoms with Gasteiger partial charge in [0.15, 0.2) is 10.9 Å². The molecule has 0 fully saturated rings. The van der Waals surface area contributed by atoms with E-state index < -0.39 is 6.04 Å². The molecule has 1 atom stereocenters. The van der Waals surface area contributed by atoms with Crippen molar-refractivity contribution in [2.75, 3.05) is 7.11 Å². The zero-order valence-corrected chi connectivity index (χ0v) is 20.8. The highest BCUT2D eigenvalue weighted by atomic mass is 32.1. The topological polar surface area (TPSA) is 111 Å². The summed E-state index contributed by atoms with van der Waals surface area (Å²) in [7, 11) is 1.60. The first kappa shape index (κ1) is 23.8. The molecule has 7 nitrogen and oxygen atoms in total. The molecular weight excluding hydrogens is 484 g/mol. The second-order valence-corrected chi connectivity index (χ2v) is 8.95. The largest absolute Gasteiger partial charge is 0.497 e. The van der Waals surface area contributed by atoms with Crippen molar-refractivity contribution in [1.82, 2.24) is 10.6 Å². The van der Waals surface area contributed by atoms with Crippen LogP contribution in [0.4, 0.5) is 0 Å². The highest BCUT2D eigenvalue weighted by Crippen LogP contribution is 2.40. The Hall–Kier alpha value is -4.92. The van der Waals surface area contributed by atoms with Crippen molar-refractivity contribution < 1.29 is 13.9 Å². The van der Waals surface area contributed by atoms with Gasteiger partial charge in [0.05, 0.1) is 29.8 Å². The van der Waals surface area contributed by atoms with Crippen LogP contribution in [0.15, 0.2) is 71.3 Å². The predicted molar refractivity (Wildman–Crippen MR) is 143 cm³/mol. The number of nitrogens with zero attached hydrogens (tertiary/aromatic N) is 2. The van der Waals surface area contributed by atoms with E-state index in [1.165, 1.54) is 6.07 Å². The fourth-order valence-electron chi connectivity index (χ4n) is 4.34. The van der Waals surface area contributed by atoms with Gasteiger partial charge in [-0.15, -0.1) is 0 Å². The van der Waals surface area contributed by atoms with Crippen LogP contribution in [0, 0.1) is 29.6 Å². The number of furan rings is 1. The number of thiocarbonyl (C=S) groups is 1. The fourth-order valence-corrected chi connectivity index (χ4v) is 4.52. The van der Waals surface area contributed by atoms with Gasteiger partial charge in [0.25, 0.3) is 0 Å². The van der Waals surface area contributed by atoms with Gasteiger partial charge < -0.3 is 19.8 Å². The molecule has 1 unspecified atom stereocenters. The van der Waals surface area contributed by atoms with Gasteiger partial charge in [0.2, 0.25) is 0 Å². The first-order chi connectivity index (χ1) is 17.9. The Morgan fingerprint density at radius 1 is 1.03 bits per heavy atom. The maximum absolute atomic E-state index is 13.9. The Bertz CT molecular complexity index is 1670. The van der Waals surface area contributed by atoms with E-state index in [0.717, 1.165) is 11.1 Å². The lowest BCUT2D eigenvalue weighted by molar-refractivity contribution is 0.103. The lowest BCUT2D eigenvalue weighted by Gasteiger charge is -2.27. The van der Waals surface area contributed by atoms with Crippen LogP contribution in [0.1, 0.15) is 50.0 Å². The highest BCUT2D eigenvalue weighted by Gasteiger charge is 2.32. The number of aryl methyl sites for hydroxylation is 1. The molecule has 180 valence electrons. The molecule has 1 aliphatic rings. The molecule has 0 bridgehead atoms. The van der Waals surface area contributed by atoms with Crippen LogP contribution in [0.25, 0.3) is 16.5 Å². The molecule has 8 heteroatoms. The normalized spacial score (nSPS) is 14.6. The number of benzene rings is 3. The van der Waals surface area contributed by atoms with Gasteiger partial charge in [-0.2, -0.15) is 10.5 Å². The van der Waals surface area contributed by atoms with Gasteiger partial charge >= 0.3 is 0 Å². The summed E-state index contributed by atoms with van der Waals surface area (Å²) in [5.74, 6) is 0.769. The van der Waals surface area contributed by atoms with E-state index in [1.54, 1.807) is 31.5 Å². The summed E-state index contributed by atoms with van der Waals surface area (Å²) in [6, 6.07) is 21.4. The monoisotopic (exact) mass is 504 g/mol. The fraction of sp³-hybridized carbons (Fsp3) is 0.103. The summed E-state index contributed by atoms with van der Waals surface area (Å²) in [4.78, 5) is 13.9. The number of ketones is 1. The second-order valence-electron chi connectivity index (χ2n) is 8.54. The molecule has 0 radical (unpaired) electrons. The Labute approximate surface area is 218 Å². The van der Waals surface area contributed by atoms with Crippen LogP contribution in [0.5, 0.6) is 5.75 Å². The maximum atomic E-state index is 13.9. The number of carbonyl (C=O) groups excluding carboxylic acids is 1. The van der Waals surface area contributed by atoms with Crippen LogP contribution in [-0.4, -0.2) is 18.0 Å². The quantitative estimate of drug-likeness (QED) is 0.279. The van der Waals surface area contributed by atoms with Crippen molar-refractivity contribution in [3.63, 3.8) is 0 Å². The first-order valence-electron chi connectivity index (χ1n) is 11.4. The van der Waals surface area contributed by atoms with Gasteiger partial charge in [0.1, 0.15) is 29.2 Å². The van der Waals surface area contributed by atoms with Gasteiger partial charge in [0, 0.05) is 28.8 Å². The van der Waals surface area contributed by atoms with Gasteiger partial charge in [-0.05, 0) is 42.9 Å². The Kier molecular flexibility index (Phi) is 6.19. The molecule has 4 aromatic rings. The van der Waals surface area contributed by atoms with E-state index in [0.29, 0.717) is 44.3 Å². The van der Waals surface area contributed by atoms with E-state index in [4.69, 9.17) is 21.4 Å². The van der Waals surface area contributed by atoms with E-state index in [9.17, 15) is 15.3 Å². The summed E-state index contributed by atoms with van der Waals surface area (Å²) in [6.07, 6.45) is 1.72. The Morgan fingerprint density at radius 3 is 2.35 bits per heavy atom. The third-order valence-electron chi connectivity index (χ3n) is 6.27. The van der Waals surface area contributed by atoms with E-state index in [2.05, 4.69) is 10.6 Å². The average Bonchev–Trinajstić information content (AvgIpc) is 3.30. The number of ether oxygens (including phenoxy) is 1. The van der Waals surface area contributed by atoms with E-state index in [1.807, 2.05) is 55.5 Å². The third kappa shape index (κ3) is 4.31. The average molecular weight is 505 g/mol. The van der Waals surface area contributed by atoms with Crippen LogP contribution in [-0.2, 0) is 0 Å². The SMILES string of the molecule is COc1ccc(C2NC(=S)NC=C2c2oc3cc(C#N)c(C#N)cc3c2C(=O)c2ccc(C)cc2)cc1. The minimum absolute atomic E-state index is 0.169. The molecule has 0 amide bonds. The van der Waals surface area contributed by atoms with Crippen molar-refractivity contribution in [3.05, 3.63) is 106 Å². The molecule has 0 saturated heterocycles. The molecule has 3 aromatic carbocycles. The predicted octanol–water partition coefficient (Wildman–Crippen LogP) is 5.28. The number of nitriles is 2. The number of fused-ring (bicyclic) bond motifs is 1. The smallest absolute Gasteiger partial charge is 0.197 e. The summed E-state index contributed by atoms with van der Waals surface area (Å²) < 4.78 is 11.6. The molecule has 2 N–H and O–H groups in total. The van der Waals surface area contributed by atoms with Crippen molar-refractivity contribution in [3.8, 4) is 17.9 Å². The Morgan fingerprint density at radius 2 is 1.70 bits per heavy atom. The molecule has 1 aliphatic heterocycles. The molecule has 0 saturated carbocycles. The molecule has 5 rings (SSSR count). The number of rotatable bonds is 5. The number of methoxy groups -OCH3 is 1. The third-order valence-corrected chi connectivity index (χ3v) is 6.50. The van der Waals surface area contributed by atoms with Gasteiger partial charge in [-0.1, -0.05) is 42.0 Å². The molecule has 1 aromatic heterocycles. The number of hydrogen-bond acceptors (Lipinski definition) is 6. The molecule has 0 spiro atoms. The zero-order valence-electron chi connectivity index (χ0n) is 20.0. The van der Waals surface area contributed by atoms with Gasteiger partial charge in [-0.25, -0.2) is 0 Å². The molecule has 0 aliphatic carbocycles.